The minimum Gasteiger partial charge on any atom is -0.506 e. The number of carboxylic acids is 1. The van der Waals surface area contributed by atoms with E-state index in [2.05, 4.69) is 44.9 Å². The van der Waals surface area contributed by atoms with Gasteiger partial charge >= 0.3 is 5.97 Å². The van der Waals surface area contributed by atoms with E-state index in [0.29, 0.717) is 68.7 Å². The quantitative estimate of drug-likeness (QED) is 0.0931. The average molecular weight is 712 g/mol. The number of anilines is 1. The number of aromatic carboxylic acids is 1. The highest BCUT2D eigenvalue weighted by Crippen LogP contribution is 2.39. The minimum atomic E-state index is -0.879. The number of rotatable bonds is 15. The smallest absolute Gasteiger partial charge is 0.335 e. The van der Waals surface area contributed by atoms with Gasteiger partial charge < -0.3 is 35.2 Å². The van der Waals surface area contributed by atoms with Crippen LogP contribution in [0.4, 0.5) is 5.69 Å². The zero-order valence-corrected chi connectivity index (χ0v) is 29.8. The molecular weight excluding hydrogens is 662 g/mol. The summed E-state index contributed by atoms with van der Waals surface area (Å²) in [4.78, 5) is 37.2. The number of hydrogen-bond acceptors (Lipinski definition) is 8. The molecule has 1 saturated carbocycles. The Morgan fingerprint density at radius 3 is 2.44 bits per heavy atom. The number of carbonyl (C=O) groups is 3. The number of aromatic nitrogens is 2. The maximum absolute atomic E-state index is 13.3. The lowest BCUT2D eigenvalue weighted by molar-refractivity contribution is -0.135. The van der Waals surface area contributed by atoms with E-state index >= 15 is 0 Å². The predicted octanol–water partition coefficient (Wildman–Crippen LogP) is 5.45. The standard InChI is InChI=1S/C33H43N5O5.C7H6O2/c1-37-22-27(21-35-37)25-9-7-24(8-10-25)14-19-42-20-15-31(41)38(28-5-3-2-4-6-28)18-17-34-16-13-26-11-12-29(39)32-33(26)43-23-30(40)36-32;8-7(9)6-4-2-1-3-5-6/h7-12,21-22,28,34,39H,2-6,13-20,23H2,1H3,(H,36,40);1-5H,(H,8,9). The molecule has 0 atom stereocenters. The van der Waals surface area contributed by atoms with Gasteiger partial charge in [0.25, 0.3) is 5.91 Å². The van der Waals surface area contributed by atoms with Gasteiger partial charge in [-0.25, -0.2) is 4.79 Å². The molecule has 0 unspecified atom stereocenters. The van der Waals surface area contributed by atoms with Gasteiger partial charge in [0.05, 0.1) is 31.4 Å². The van der Waals surface area contributed by atoms with Gasteiger partial charge in [0, 0.05) is 37.9 Å². The molecule has 1 aromatic heterocycles. The highest BCUT2D eigenvalue weighted by molar-refractivity contribution is 5.97. The molecule has 6 rings (SSSR count). The third-order valence-corrected chi connectivity index (χ3v) is 9.27. The molecule has 2 amide bonds. The summed E-state index contributed by atoms with van der Waals surface area (Å²) in [5.41, 5.74) is 5.04. The van der Waals surface area contributed by atoms with Crippen molar-refractivity contribution >= 4 is 23.5 Å². The van der Waals surface area contributed by atoms with E-state index < -0.39 is 5.97 Å². The molecule has 276 valence electrons. The minimum absolute atomic E-state index is 0.000764. The van der Waals surface area contributed by atoms with Gasteiger partial charge in [-0.3, -0.25) is 14.3 Å². The Hall–Kier alpha value is -5.20. The molecule has 0 saturated heterocycles. The van der Waals surface area contributed by atoms with Crippen molar-refractivity contribution in [2.45, 2.75) is 57.4 Å². The lowest BCUT2D eigenvalue weighted by Crippen LogP contribution is -2.45. The fourth-order valence-electron chi connectivity index (χ4n) is 6.47. The second-order valence-corrected chi connectivity index (χ2v) is 13.0. The molecule has 1 fully saturated rings. The Kier molecular flexibility index (Phi) is 14.2. The van der Waals surface area contributed by atoms with Crippen LogP contribution in [0.25, 0.3) is 11.1 Å². The summed E-state index contributed by atoms with van der Waals surface area (Å²) in [7, 11) is 1.91. The summed E-state index contributed by atoms with van der Waals surface area (Å²) in [6.45, 7) is 2.99. The van der Waals surface area contributed by atoms with Crippen LogP contribution in [0.2, 0.25) is 0 Å². The van der Waals surface area contributed by atoms with Gasteiger partial charge in [0.2, 0.25) is 5.91 Å². The molecule has 1 aliphatic heterocycles. The van der Waals surface area contributed by atoms with Crippen LogP contribution in [-0.4, -0.2) is 88.2 Å². The lowest BCUT2D eigenvalue weighted by atomic mass is 9.94. The SMILES string of the molecule is Cn1cc(-c2ccc(CCOCCC(=O)N(CCNCCc3ccc(O)c4c3OCC(=O)N4)C3CCCCC3)cc2)cn1.O=C(O)c1ccccc1. The van der Waals surface area contributed by atoms with Crippen molar-refractivity contribution in [1.29, 1.82) is 0 Å². The van der Waals surface area contributed by atoms with Crippen LogP contribution in [-0.2, 0) is 34.2 Å². The first kappa shape index (κ1) is 38.0. The van der Waals surface area contributed by atoms with E-state index in [1.54, 1.807) is 41.1 Å². The number of nitrogens with zero attached hydrogens (tertiary/aromatic N) is 3. The number of phenols is 1. The van der Waals surface area contributed by atoms with Gasteiger partial charge in [-0.1, -0.05) is 67.8 Å². The zero-order valence-electron chi connectivity index (χ0n) is 29.8. The third kappa shape index (κ3) is 11.1. The number of nitrogens with one attached hydrogen (secondary N) is 2. The Morgan fingerprint density at radius 2 is 1.75 bits per heavy atom. The van der Waals surface area contributed by atoms with Gasteiger partial charge in [0.1, 0.15) is 11.4 Å². The summed E-state index contributed by atoms with van der Waals surface area (Å²) in [6, 6.07) is 20.4. The summed E-state index contributed by atoms with van der Waals surface area (Å²) >= 11 is 0. The fourth-order valence-corrected chi connectivity index (χ4v) is 6.47. The Balaban J connectivity index is 0.000000507. The molecule has 2 heterocycles. The molecule has 1 aliphatic carbocycles. The molecule has 0 radical (unpaired) electrons. The van der Waals surface area contributed by atoms with Crippen LogP contribution in [0.15, 0.2) is 79.1 Å². The van der Waals surface area contributed by atoms with Gasteiger partial charge in [0.15, 0.2) is 12.4 Å². The van der Waals surface area contributed by atoms with E-state index in [9.17, 15) is 19.5 Å². The molecule has 4 N–H and O–H groups in total. The van der Waals surface area contributed by atoms with Crippen molar-refractivity contribution in [1.82, 2.24) is 20.0 Å². The maximum Gasteiger partial charge on any atom is 0.335 e. The second-order valence-electron chi connectivity index (χ2n) is 13.0. The van der Waals surface area contributed by atoms with Gasteiger partial charge in [-0.2, -0.15) is 5.10 Å². The first-order chi connectivity index (χ1) is 25.3. The number of aromatic hydroxyl groups is 1. The number of carbonyl (C=O) groups excluding carboxylic acids is 2. The monoisotopic (exact) mass is 711 g/mol. The summed E-state index contributed by atoms with van der Waals surface area (Å²) in [6.07, 6.45) is 11.4. The molecule has 2 aliphatic rings. The topological polar surface area (TPSA) is 155 Å². The molecule has 0 bridgehead atoms. The normalized spacial score (nSPS) is 14.0. The molecule has 12 heteroatoms. The molecule has 3 aromatic carbocycles. The molecular formula is C40H49N5O7. The number of phenolic OH excluding ortho intramolecular Hbond substituents is 1. The van der Waals surface area contributed by atoms with Crippen LogP contribution in [0.5, 0.6) is 11.5 Å². The molecule has 12 nitrogen and oxygen atoms in total. The number of ether oxygens (including phenoxy) is 2. The van der Waals surface area contributed by atoms with Crippen molar-refractivity contribution in [3.05, 3.63) is 95.8 Å². The largest absolute Gasteiger partial charge is 0.506 e. The maximum atomic E-state index is 13.3. The van der Waals surface area contributed by atoms with E-state index in [1.165, 1.54) is 24.8 Å². The van der Waals surface area contributed by atoms with Crippen LogP contribution < -0.4 is 15.4 Å². The number of aryl methyl sites for hydroxylation is 1. The van der Waals surface area contributed by atoms with Crippen LogP contribution in [0.3, 0.4) is 0 Å². The van der Waals surface area contributed by atoms with E-state index in [0.717, 1.165) is 36.0 Å². The van der Waals surface area contributed by atoms with E-state index in [4.69, 9.17) is 14.6 Å². The van der Waals surface area contributed by atoms with Crippen molar-refractivity contribution < 1.29 is 34.1 Å². The number of amides is 2. The summed E-state index contributed by atoms with van der Waals surface area (Å²) < 4.78 is 13.3. The van der Waals surface area contributed by atoms with Gasteiger partial charge in [-0.15, -0.1) is 0 Å². The third-order valence-electron chi connectivity index (χ3n) is 9.27. The van der Waals surface area contributed by atoms with Crippen molar-refractivity contribution in [3.63, 3.8) is 0 Å². The van der Waals surface area contributed by atoms with Crippen molar-refractivity contribution in [3.8, 4) is 22.6 Å². The van der Waals surface area contributed by atoms with Crippen molar-refractivity contribution in [2.24, 2.45) is 7.05 Å². The fraction of sp³-hybridized carbons (Fsp3) is 0.400. The first-order valence-electron chi connectivity index (χ1n) is 18.0. The molecule has 52 heavy (non-hydrogen) atoms. The number of hydrogen-bond donors (Lipinski definition) is 4. The summed E-state index contributed by atoms with van der Waals surface area (Å²) in [5, 5.41) is 28.8. The van der Waals surface area contributed by atoms with Crippen LogP contribution in [0, 0.1) is 0 Å². The Morgan fingerprint density at radius 1 is 0.981 bits per heavy atom. The Labute approximate surface area is 304 Å². The van der Waals surface area contributed by atoms with Gasteiger partial charge in [-0.05, 0) is 67.1 Å². The number of carboxylic acid groups (broad SMARTS) is 1. The van der Waals surface area contributed by atoms with E-state index in [-0.39, 0.29) is 24.2 Å². The average Bonchev–Trinajstić information content (AvgIpc) is 3.61. The Bertz CT molecular complexity index is 1750. The van der Waals surface area contributed by atoms with Crippen LogP contribution in [0.1, 0.15) is 60.0 Å². The number of fused-ring (bicyclic) bond motifs is 1. The first-order valence-corrected chi connectivity index (χ1v) is 18.0. The van der Waals surface area contributed by atoms with Crippen LogP contribution >= 0.6 is 0 Å². The highest BCUT2D eigenvalue weighted by Gasteiger charge is 2.25. The molecule has 4 aromatic rings. The number of benzene rings is 3. The highest BCUT2D eigenvalue weighted by atomic mass is 16.5. The second kappa shape index (κ2) is 19.4. The van der Waals surface area contributed by atoms with Crippen molar-refractivity contribution in [2.75, 3.05) is 44.8 Å². The predicted molar refractivity (Wildman–Crippen MR) is 199 cm³/mol. The van der Waals surface area contributed by atoms with E-state index in [1.807, 2.05) is 25.5 Å². The molecule has 0 spiro atoms. The zero-order chi connectivity index (χ0) is 36.7. The lowest BCUT2D eigenvalue weighted by Gasteiger charge is -2.34. The summed E-state index contributed by atoms with van der Waals surface area (Å²) in [5.74, 6) is -0.465.